The highest BCUT2D eigenvalue weighted by atomic mass is 35.5. The van der Waals surface area contributed by atoms with Crippen LogP contribution in [-0.4, -0.2) is 40.2 Å². The summed E-state index contributed by atoms with van der Waals surface area (Å²) in [6, 6.07) is 7.90. The van der Waals surface area contributed by atoms with Crippen LogP contribution in [0.2, 0.25) is 0 Å². The standard InChI is InChI=1S/C18H23FN4O.2ClH/c1-12-9-13(2)23(21-12)14(3)18(24)22-8-7-20-11-17(22)15-5-4-6-16(19)10-15;;/h4-6,9-10,14,17,20H,7-8,11H2,1-3H3;2*1H. The fourth-order valence-electron chi connectivity index (χ4n) is 3.36. The molecular formula is C18H25Cl2FN4O. The number of aromatic nitrogens is 2. The van der Waals surface area contributed by atoms with Gasteiger partial charge in [-0.05, 0) is 44.5 Å². The minimum absolute atomic E-state index is 0. The quantitative estimate of drug-likeness (QED) is 0.857. The summed E-state index contributed by atoms with van der Waals surface area (Å²) in [5.41, 5.74) is 2.68. The van der Waals surface area contributed by atoms with Crippen molar-refractivity contribution in [1.82, 2.24) is 20.0 Å². The zero-order valence-corrected chi connectivity index (χ0v) is 16.7. The molecule has 0 aliphatic carbocycles. The largest absolute Gasteiger partial charge is 0.331 e. The van der Waals surface area contributed by atoms with Gasteiger partial charge in [-0.1, -0.05) is 12.1 Å². The first-order valence-corrected chi connectivity index (χ1v) is 8.27. The van der Waals surface area contributed by atoms with E-state index in [2.05, 4.69) is 10.4 Å². The van der Waals surface area contributed by atoms with Crippen LogP contribution in [0.5, 0.6) is 0 Å². The fourth-order valence-corrected chi connectivity index (χ4v) is 3.36. The third-order valence-electron chi connectivity index (χ3n) is 4.53. The van der Waals surface area contributed by atoms with E-state index in [0.29, 0.717) is 13.1 Å². The molecule has 0 spiro atoms. The number of nitrogens with one attached hydrogen (secondary N) is 1. The monoisotopic (exact) mass is 402 g/mol. The second kappa shape index (κ2) is 9.35. The second-order valence-corrected chi connectivity index (χ2v) is 6.35. The number of halogens is 3. The summed E-state index contributed by atoms with van der Waals surface area (Å²) in [7, 11) is 0. The smallest absolute Gasteiger partial charge is 0.247 e. The maximum Gasteiger partial charge on any atom is 0.247 e. The number of aryl methyl sites for hydroxylation is 2. The molecule has 1 aliphatic rings. The van der Waals surface area contributed by atoms with Gasteiger partial charge in [0.2, 0.25) is 5.91 Å². The molecule has 1 aromatic carbocycles. The molecule has 2 heterocycles. The van der Waals surface area contributed by atoms with Crippen LogP contribution < -0.4 is 5.32 Å². The van der Waals surface area contributed by atoms with E-state index in [9.17, 15) is 9.18 Å². The van der Waals surface area contributed by atoms with Gasteiger partial charge in [-0.25, -0.2) is 4.39 Å². The van der Waals surface area contributed by atoms with Crippen LogP contribution in [0.4, 0.5) is 4.39 Å². The Kier molecular flexibility index (Phi) is 8.06. The Hall–Kier alpha value is -1.63. The molecule has 144 valence electrons. The molecular weight excluding hydrogens is 378 g/mol. The number of amides is 1. The molecule has 2 unspecified atom stereocenters. The third-order valence-corrected chi connectivity index (χ3v) is 4.53. The Morgan fingerprint density at radius 1 is 1.31 bits per heavy atom. The minimum atomic E-state index is -0.382. The SMILES string of the molecule is Cc1cc(C)n(C(C)C(=O)N2CCNCC2c2cccc(F)c2)n1.Cl.Cl. The minimum Gasteiger partial charge on any atom is -0.331 e. The van der Waals surface area contributed by atoms with Gasteiger partial charge >= 0.3 is 0 Å². The Balaban J connectivity index is 0.00000169. The molecule has 1 saturated heterocycles. The summed E-state index contributed by atoms with van der Waals surface area (Å²) >= 11 is 0. The average molecular weight is 403 g/mol. The first kappa shape index (κ1) is 22.4. The number of hydrogen-bond donors (Lipinski definition) is 1. The summed E-state index contributed by atoms with van der Waals surface area (Å²) in [4.78, 5) is 14.9. The zero-order valence-electron chi connectivity index (χ0n) is 15.1. The van der Waals surface area contributed by atoms with E-state index in [1.54, 1.807) is 10.7 Å². The van der Waals surface area contributed by atoms with E-state index in [4.69, 9.17) is 0 Å². The van der Waals surface area contributed by atoms with Crippen LogP contribution in [0.3, 0.4) is 0 Å². The molecule has 5 nitrogen and oxygen atoms in total. The molecule has 1 amide bonds. The topological polar surface area (TPSA) is 50.2 Å². The second-order valence-electron chi connectivity index (χ2n) is 6.35. The Labute approximate surface area is 165 Å². The molecule has 2 atom stereocenters. The molecule has 0 radical (unpaired) electrons. The van der Waals surface area contributed by atoms with Crippen molar-refractivity contribution in [3.05, 3.63) is 53.1 Å². The molecule has 0 saturated carbocycles. The number of benzene rings is 1. The number of carbonyl (C=O) groups is 1. The lowest BCUT2D eigenvalue weighted by Gasteiger charge is -2.38. The molecule has 8 heteroatoms. The summed E-state index contributed by atoms with van der Waals surface area (Å²) in [5, 5.41) is 7.72. The van der Waals surface area contributed by atoms with Crippen molar-refractivity contribution in [2.24, 2.45) is 0 Å². The van der Waals surface area contributed by atoms with Crippen molar-refractivity contribution in [1.29, 1.82) is 0 Å². The molecule has 26 heavy (non-hydrogen) atoms. The zero-order chi connectivity index (χ0) is 17.3. The van der Waals surface area contributed by atoms with Crippen LogP contribution in [0.1, 0.15) is 36.0 Å². The first-order chi connectivity index (χ1) is 11.5. The van der Waals surface area contributed by atoms with Crippen LogP contribution in [0.25, 0.3) is 0 Å². The van der Waals surface area contributed by atoms with Crippen molar-refractivity contribution in [3.8, 4) is 0 Å². The lowest BCUT2D eigenvalue weighted by Crippen LogP contribution is -2.50. The highest BCUT2D eigenvalue weighted by Gasteiger charge is 2.32. The predicted molar refractivity (Wildman–Crippen MR) is 105 cm³/mol. The molecule has 1 aliphatic heterocycles. The van der Waals surface area contributed by atoms with Gasteiger partial charge in [0, 0.05) is 25.3 Å². The van der Waals surface area contributed by atoms with Gasteiger partial charge in [-0.3, -0.25) is 9.48 Å². The summed E-state index contributed by atoms with van der Waals surface area (Å²) in [5.74, 6) is -0.269. The van der Waals surface area contributed by atoms with E-state index >= 15 is 0 Å². The lowest BCUT2D eigenvalue weighted by atomic mass is 10.0. The highest BCUT2D eigenvalue weighted by Crippen LogP contribution is 2.26. The van der Waals surface area contributed by atoms with Gasteiger partial charge in [0.15, 0.2) is 0 Å². The number of hydrogen-bond acceptors (Lipinski definition) is 3. The van der Waals surface area contributed by atoms with Crippen LogP contribution >= 0.6 is 24.8 Å². The summed E-state index contributed by atoms with van der Waals surface area (Å²) in [6.07, 6.45) is 0. The van der Waals surface area contributed by atoms with Gasteiger partial charge in [-0.15, -0.1) is 24.8 Å². The van der Waals surface area contributed by atoms with Gasteiger partial charge in [0.25, 0.3) is 0 Å². The Morgan fingerprint density at radius 2 is 2.04 bits per heavy atom. The molecule has 1 aromatic heterocycles. The van der Waals surface area contributed by atoms with Gasteiger partial charge in [0.05, 0.1) is 11.7 Å². The first-order valence-electron chi connectivity index (χ1n) is 8.27. The van der Waals surface area contributed by atoms with Crippen molar-refractivity contribution in [2.75, 3.05) is 19.6 Å². The maximum absolute atomic E-state index is 13.6. The predicted octanol–water partition coefficient (Wildman–Crippen LogP) is 3.22. The van der Waals surface area contributed by atoms with Crippen molar-refractivity contribution >= 4 is 30.7 Å². The Morgan fingerprint density at radius 3 is 2.65 bits per heavy atom. The van der Waals surface area contributed by atoms with Crippen LogP contribution in [0, 0.1) is 19.7 Å². The normalized spacial score (nSPS) is 17.8. The van der Waals surface area contributed by atoms with Crippen molar-refractivity contribution in [3.63, 3.8) is 0 Å². The van der Waals surface area contributed by atoms with Crippen molar-refractivity contribution in [2.45, 2.75) is 32.9 Å². The number of piperazine rings is 1. The fraction of sp³-hybridized carbons (Fsp3) is 0.444. The maximum atomic E-state index is 13.6. The number of nitrogens with zero attached hydrogens (tertiary/aromatic N) is 3. The van der Waals surface area contributed by atoms with Gasteiger partial charge in [-0.2, -0.15) is 5.10 Å². The van der Waals surface area contributed by atoms with Crippen LogP contribution in [-0.2, 0) is 4.79 Å². The van der Waals surface area contributed by atoms with Gasteiger partial charge < -0.3 is 10.2 Å². The van der Waals surface area contributed by atoms with Crippen LogP contribution in [0.15, 0.2) is 30.3 Å². The molecule has 2 aromatic rings. The third kappa shape index (κ3) is 4.55. The Bertz CT molecular complexity index is 753. The molecule has 3 rings (SSSR count). The molecule has 1 fully saturated rings. The molecule has 1 N–H and O–H groups in total. The average Bonchev–Trinajstić information content (AvgIpc) is 2.92. The van der Waals surface area contributed by atoms with Gasteiger partial charge in [0.1, 0.15) is 11.9 Å². The number of carbonyl (C=O) groups excluding carboxylic acids is 1. The highest BCUT2D eigenvalue weighted by molar-refractivity contribution is 5.85. The summed E-state index contributed by atoms with van der Waals surface area (Å²) in [6.45, 7) is 7.70. The van der Waals surface area contributed by atoms with E-state index in [1.165, 1.54) is 12.1 Å². The van der Waals surface area contributed by atoms with E-state index in [-0.39, 0.29) is 48.6 Å². The lowest BCUT2D eigenvalue weighted by molar-refractivity contribution is -0.138. The van der Waals surface area contributed by atoms with E-state index in [1.807, 2.05) is 37.8 Å². The van der Waals surface area contributed by atoms with Crippen molar-refractivity contribution < 1.29 is 9.18 Å². The van der Waals surface area contributed by atoms with E-state index in [0.717, 1.165) is 23.5 Å². The number of rotatable bonds is 3. The van der Waals surface area contributed by atoms with E-state index < -0.39 is 0 Å². The summed E-state index contributed by atoms with van der Waals surface area (Å²) < 4.78 is 15.4. The molecule has 0 bridgehead atoms.